The quantitative estimate of drug-likeness (QED) is 0.646. The van der Waals surface area contributed by atoms with Gasteiger partial charge in [-0.3, -0.25) is 14.7 Å². The van der Waals surface area contributed by atoms with Gasteiger partial charge in [0.1, 0.15) is 6.73 Å². The molecule has 9 heteroatoms. The van der Waals surface area contributed by atoms with Crippen LogP contribution in [0.2, 0.25) is 0 Å². The summed E-state index contributed by atoms with van der Waals surface area (Å²) >= 11 is 0. The second-order valence-corrected chi connectivity index (χ2v) is 6.17. The van der Waals surface area contributed by atoms with Crippen LogP contribution in [-0.4, -0.2) is 47.0 Å². The first-order chi connectivity index (χ1) is 13.6. The van der Waals surface area contributed by atoms with E-state index in [-0.39, 0.29) is 5.91 Å². The van der Waals surface area contributed by atoms with Crippen molar-refractivity contribution in [2.24, 2.45) is 0 Å². The third kappa shape index (κ3) is 3.05. The maximum absolute atomic E-state index is 12.8. The molecule has 0 fully saturated rings. The lowest BCUT2D eigenvalue weighted by Crippen LogP contribution is -2.22. The van der Waals surface area contributed by atoms with Crippen LogP contribution >= 0.6 is 0 Å². The van der Waals surface area contributed by atoms with Crippen molar-refractivity contribution in [2.75, 3.05) is 26.2 Å². The fourth-order valence-corrected chi connectivity index (χ4v) is 3.12. The first-order valence-electron chi connectivity index (χ1n) is 8.56. The molecule has 4 rings (SSSR count). The zero-order chi connectivity index (χ0) is 19.7. The number of rotatable bonds is 6. The van der Waals surface area contributed by atoms with Crippen molar-refractivity contribution >= 4 is 11.6 Å². The number of methoxy groups -OCH3 is 3. The number of hydrogen-bond acceptors (Lipinski definition) is 7. The highest BCUT2D eigenvalue weighted by atomic mass is 16.5. The number of nitrogens with zero attached hydrogens (tertiary/aromatic N) is 5. The van der Waals surface area contributed by atoms with Crippen LogP contribution in [0.5, 0.6) is 11.6 Å². The van der Waals surface area contributed by atoms with Gasteiger partial charge >= 0.3 is 0 Å². The topological polar surface area (TPSA) is 91.6 Å². The van der Waals surface area contributed by atoms with E-state index in [9.17, 15) is 4.79 Å². The molecule has 0 N–H and O–H groups in total. The van der Waals surface area contributed by atoms with Crippen LogP contribution in [0.4, 0.5) is 5.69 Å². The van der Waals surface area contributed by atoms with Crippen molar-refractivity contribution in [3.05, 3.63) is 48.0 Å². The first-order valence-corrected chi connectivity index (χ1v) is 8.56. The largest absolute Gasteiger partial charge is 0.491 e. The highest BCUT2D eigenvalue weighted by Gasteiger charge is 2.31. The Bertz CT molecular complexity index is 1030. The number of carbonyl (C=O) groups excluding carboxylic acids is 1. The fraction of sp³-hybridized carbons (Fsp3) is 0.263. The summed E-state index contributed by atoms with van der Waals surface area (Å²) < 4.78 is 17.2. The first kappa shape index (κ1) is 17.9. The Labute approximate surface area is 161 Å². The Morgan fingerprint density at radius 3 is 2.75 bits per heavy atom. The van der Waals surface area contributed by atoms with Crippen molar-refractivity contribution in [3.8, 4) is 22.9 Å². The van der Waals surface area contributed by atoms with Crippen molar-refractivity contribution in [3.63, 3.8) is 0 Å². The van der Waals surface area contributed by atoms with Crippen molar-refractivity contribution in [2.45, 2.75) is 13.3 Å². The normalized spacial score (nSPS) is 13.0. The number of ether oxygens (including phenoxy) is 3. The van der Waals surface area contributed by atoms with Gasteiger partial charge in [-0.05, 0) is 18.2 Å². The van der Waals surface area contributed by atoms with Crippen LogP contribution in [-0.2, 0) is 18.0 Å². The van der Waals surface area contributed by atoms with Gasteiger partial charge < -0.3 is 14.2 Å². The van der Waals surface area contributed by atoms with E-state index in [0.717, 1.165) is 5.56 Å². The molecule has 3 aromatic heterocycles. The van der Waals surface area contributed by atoms with Crippen LogP contribution in [0.3, 0.4) is 0 Å². The highest BCUT2D eigenvalue weighted by molar-refractivity contribution is 6.09. The molecule has 4 heterocycles. The zero-order valence-corrected chi connectivity index (χ0v) is 15.7. The second kappa shape index (κ2) is 7.28. The van der Waals surface area contributed by atoms with E-state index < -0.39 is 0 Å². The Balaban J connectivity index is 1.63. The van der Waals surface area contributed by atoms with E-state index in [1.165, 1.54) is 7.11 Å². The third-order valence-corrected chi connectivity index (χ3v) is 4.48. The lowest BCUT2D eigenvalue weighted by Gasteiger charge is -2.11. The van der Waals surface area contributed by atoms with E-state index in [2.05, 4.69) is 15.1 Å². The zero-order valence-electron chi connectivity index (χ0n) is 15.7. The van der Waals surface area contributed by atoms with Crippen LogP contribution in [0.25, 0.3) is 11.3 Å². The number of carbonyl (C=O) groups is 1. The molecule has 144 valence electrons. The predicted molar refractivity (Wildman–Crippen MR) is 100 cm³/mol. The van der Waals surface area contributed by atoms with E-state index in [1.54, 1.807) is 54.5 Å². The molecule has 1 amide bonds. The molecule has 0 bridgehead atoms. The third-order valence-electron chi connectivity index (χ3n) is 4.48. The van der Waals surface area contributed by atoms with Gasteiger partial charge in [0.15, 0.2) is 5.75 Å². The maximum atomic E-state index is 12.8. The minimum Gasteiger partial charge on any atom is -0.491 e. The van der Waals surface area contributed by atoms with E-state index in [1.807, 2.05) is 6.07 Å². The molecule has 0 aromatic carbocycles. The minimum atomic E-state index is -0.101. The second-order valence-electron chi connectivity index (χ2n) is 6.17. The van der Waals surface area contributed by atoms with E-state index in [4.69, 9.17) is 14.2 Å². The van der Waals surface area contributed by atoms with Gasteiger partial charge in [-0.2, -0.15) is 5.10 Å². The van der Waals surface area contributed by atoms with Crippen LogP contribution in [0, 0.1) is 0 Å². The molecule has 0 aliphatic carbocycles. The summed E-state index contributed by atoms with van der Waals surface area (Å²) in [6.45, 7) is 0.699. The molecule has 0 saturated heterocycles. The smallest absolute Gasteiger partial charge is 0.260 e. The molecule has 0 spiro atoms. The van der Waals surface area contributed by atoms with Gasteiger partial charge in [-0.25, -0.2) is 9.67 Å². The molecule has 3 aromatic rings. The van der Waals surface area contributed by atoms with Crippen molar-refractivity contribution < 1.29 is 19.0 Å². The monoisotopic (exact) mass is 381 g/mol. The Morgan fingerprint density at radius 1 is 1.14 bits per heavy atom. The number of anilines is 1. The average molecular weight is 381 g/mol. The van der Waals surface area contributed by atoms with Gasteiger partial charge in [-0.15, -0.1) is 0 Å². The maximum Gasteiger partial charge on any atom is 0.260 e. The summed E-state index contributed by atoms with van der Waals surface area (Å²) in [4.78, 5) is 23.3. The standard InChI is InChI=1S/C19H19N5O4/c1-26-11-23-9-13(8-21-23)24-10-16-14(19(24)25)4-5-15(22-16)12-6-17(27-2)18(28-3)20-7-12/h4-9H,10-11H2,1-3H3. The number of pyridine rings is 2. The van der Waals surface area contributed by atoms with Crippen LogP contribution in [0.15, 0.2) is 36.8 Å². The molecule has 1 aliphatic rings. The summed E-state index contributed by atoms with van der Waals surface area (Å²) in [6, 6.07) is 5.40. The van der Waals surface area contributed by atoms with Gasteiger partial charge in [-0.1, -0.05) is 0 Å². The van der Waals surface area contributed by atoms with E-state index >= 15 is 0 Å². The lowest BCUT2D eigenvalue weighted by molar-refractivity contribution is 0.0996. The van der Waals surface area contributed by atoms with Gasteiger partial charge in [0.25, 0.3) is 11.8 Å². The SMILES string of the molecule is COCn1cc(N2Cc3nc(-c4cnc(OC)c(OC)c4)ccc3C2=O)cn1. The summed E-state index contributed by atoms with van der Waals surface area (Å²) in [5.74, 6) is 0.823. The lowest BCUT2D eigenvalue weighted by atomic mass is 10.1. The Hall–Kier alpha value is -3.46. The predicted octanol–water partition coefficient (Wildman–Crippen LogP) is 2.12. The average Bonchev–Trinajstić information content (AvgIpc) is 3.31. The van der Waals surface area contributed by atoms with Gasteiger partial charge in [0.05, 0.1) is 55.8 Å². The van der Waals surface area contributed by atoms with Crippen LogP contribution < -0.4 is 14.4 Å². The Morgan fingerprint density at radius 2 is 2.00 bits per heavy atom. The molecule has 9 nitrogen and oxygen atoms in total. The molecule has 0 unspecified atom stereocenters. The summed E-state index contributed by atoms with van der Waals surface area (Å²) in [7, 11) is 4.68. The molecular formula is C19H19N5O4. The molecule has 0 atom stereocenters. The minimum absolute atomic E-state index is 0.101. The van der Waals surface area contributed by atoms with Crippen molar-refractivity contribution in [1.82, 2.24) is 19.7 Å². The van der Waals surface area contributed by atoms with Crippen LogP contribution in [0.1, 0.15) is 16.1 Å². The van der Waals surface area contributed by atoms with Gasteiger partial charge in [0.2, 0.25) is 0 Å². The summed E-state index contributed by atoms with van der Waals surface area (Å²) in [6.07, 6.45) is 5.08. The molecule has 28 heavy (non-hydrogen) atoms. The highest BCUT2D eigenvalue weighted by Crippen LogP contribution is 2.32. The number of aromatic nitrogens is 4. The summed E-state index contributed by atoms with van der Waals surface area (Å²) in [5, 5.41) is 4.19. The van der Waals surface area contributed by atoms with E-state index in [0.29, 0.717) is 47.5 Å². The number of hydrogen-bond donors (Lipinski definition) is 0. The fourth-order valence-electron chi connectivity index (χ4n) is 3.12. The molecule has 0 saturated carbocycles. The molecule has 1 aliphatic heterocycles. The number of fused-ring (bicyclic) bond motifs is 1. The number of amides is 1. The summed E-state index contributed by atoms with van der Waals surface area (Å²) in [5.41, 5.74) is 3.47. The molecular weight excluding hydrogens is 362 g/mol. The molecule has 0 radical (unpaired) electrons. The van der Waals surface area contributed by atoms with Crippen molar-refractivity contribution in [1.29, 1.82) is 0 Å². The Kier molecular flexibility index (Phi) is 4.66. The van der Waals surface area contributed by atoms with Gasteiger partial charge in [0, 0.05) is 18.9 Å².